The largest absolute Gasteiger partial charge is 0.480 e. The summed E-state index contributed by atoms with van der Waals surface area (Å²) in [6, 6.07) is 0. The van der Waals surface area contributed by atoms with E-state index in [2.05, 4.69) is 17.6 Å². The number of hydrogen-bond donors (Lipinski definition) is 3. The predicted molar refractivity (Wildman–Crippen MR) is 94.6 cm³/mol. The number of nitrogens with one attached hydrogen (secondary N) is 2. The Morgan fingerprint density at radius 3 is 1.83 bits per heavy atom. The molecule has 0 fully saturated rings. The third-order valence-corrected chi connectivity index (χ3v) is 3.91. The first kappa shape index (κ1) is 21.9. The summed E-state index contributed by atoms with van der Waals surface area (Å²) in [4.78, 5) is 21.8. The molecule has 1 amide bonds. The van der Waals surface area contributed by atoms with Crippen LogP contribution in [0.1, 0.15) is 84.0 Å². The van der Waals surface area contributed by atoms with Gasteiger partial charge in [-0.15, -0.1) is 0 Å². The van der Waals surface area contributed by atoms with E-state index < -0.39 is 5.97 Å². The second-order valence-electron chi connectivity index (χ2n) is 6.21. The van der Waals surface area contributed by atoms with E-state index in [-0.39, 0.29) is 12.5 Å². The lowest BCUT2D eigenvalue weighted by molar-refractivity contribution is -0.135. The second-order valence-corrected chi connectivity index (χ2v) is 6.21. The fourth-order valence-electron chi connectivity index (χ4n) is 2.52. The summed E-state index contributed by atoms with van der Waals surface area (Å²) in [7, 11) is 0. The van der Waals surface area contributed by atoms with Gasteiger partial charge in [0.05, 0.1) is 6.54 Å². The van der Waals surface area contributed by atoms with Crippen molar-refractivity contribution in [3.05, 3.63) is 0 Å². The fraction of sp³-hybridized carbons (Fsp3) is 0.889. The van der Waals surface area contributed by atoms with Crippen molar-refractivity contribution in [3.63, 3.8) is 0 Å². The number of hydrogen-bond acceptors (Lipinski definition) is 3. The summed E-state index contributed by atoms with van der Waals surface area (Å²) in [5, 5.41) is 14.0. The zero-order valence-corrected chi connectivity index (χ0v) is 14.9. The molecule has 0 atom stereocenters. The molecule has 0 aliphatic rings. The average molecular weight is 328 g/mol. The minimum atomic E-state index is -0.878. The lowest BCUT2D eigenvalue weighted by atomic mass is 10.1. The Balaban J connectivity index is 3.16. The minimum absolute atomic E-state index is 0.0610. The molecule has 0 spiro atoms. The lowest BCUT2D eigenvalue weighted by Gasteiger charge is -2.06. The minimum Gasteiger partial charge on any atom is -0.480 e. The Kier molecular flexibility index (Phi) is 16.4. The molecule has 0 aromatic carbocycles. The zero-order valence-electron chi connectivity index (χ0n) is 14.9. The molecule has 0 aliphatic carbocycles. The van der Waals surface area contributed by atoms with E-state index in [1.54, 1.807) is 0 Å². The maximum atomic E-state index is 11.5. The topological polar surface area (TPSA) is 78.4 Å². The summed E-state index contributed by atoms with van der Waals surface area (Å²) < 4.78 is 0. The van der Waals surface area contributed by atoms with E-state index in [0.717, 1.165) is 12.8 Å². The van der Waals surface area contributed by atoms with Gasteiger partial charge in [0.1, 0.15) is 0 Å². The molecule has 0 saturated carbocycles. The predicted octanol–water partition coefficient (Wildman–Crippen LogP) is 3.48. The number of amides is 1. The Bertz CT molecular complexity index is 296. The molecule has 5 nitrogen and oxygen atoms in total. The Morgan fingerprint density at radius 2 is 1.30 bits per heavy atom. The van der Waals surface area contributed by atoms with Gasteiger partial charge in [-0.1, -0.05) is 71.1 Å². The summed E-state index contributed by atoms with van der Waals surface area (Å²) in [6.07, 6.45) is 14.7. The van der Waals surface area contributed by atoms with Gasteiger partial charge in [0.2, 0.25) is 5.91 Å². The number of carboxylic acid groups (broad SMARTS) is 1. The molecule has 3 N–H and O–H groups in total. The summed E-state index contributed by atoms with van der Waals surface area (Å²) >= 11 is 0. The molecule has 0 rings (SSSR count). The van der Waals surface area contributed by atoms with E-state index in [4.69, 9.17) is 5.11 Å². The number of rotatable bonds is 17. The highest BCUT2D eigenvalue weighted by molar-refractivity contribution is 5.75. The Hall–Kier alpha value is -1.10. The van der Waals surface area contributed by atoms with E-state index in [1.807, 2.05) is 0 Å². The van der Waals surface area contributed by atoms with Crippen LogP contribution in [-0.2, 0) is 9.59 Å². The number of unbranched alkanes of at least 4 members (excludes halogenated alkanes) is 10. The van der Waals surface area contributed by atoms with Crippen LogP contribution >= 0.6 is 0 Å². The van der Waals surface area contributed by atoms with E-state index in [0.29, 0.717) is 19.5 Å². The van der Waals surface area contributed by atoms with Crippen molar-refractivity contribution in [1.82, 2.24) is 10.6 Å². The first-order valence-electron chi connectivity index (χ1n) is 9.36. The van der Waals surface area contributed by atoms with Gasteiger partial charge < -0.3 is 15.7 Å². The molecule has 0 heterocycles. The third-order valence-electron chi connectivity index (χ3n) is 3.91. The van der Waals surface area contributed by atoms with E-state index in [9.17, 15) is 9.59 Å². The fourth-order valence-corrected chi connectivity index (χ4v) is 2.52. The summed E-state index contributed by atoms with van der Waals surface area (Å²) in [5.41, 5.74) is 0. The van der Waals surface area contributed by atoms with Crippen molar-refractivity contribution in [3.8, 4) is 0 Å². The van der Waals surface area contributed by atoms with Gasteiger partial charge in [-0.3, -0.25) is 9.59 Å². The third kappa shape index (κ3) is 18.9. The van der Waals surface area contributed by atoms with Crippen molar-refractivity contribution < 1.29 is 14.7 Å². The van der Waals surface area contributed by atoms with Crippen LogP contribution in [0.3, 0.4) is 0 Å². The molecule has 0 saturated heterocycles. The van der Waals surface area contributed by atoms with Crippen LogP contribution < -0.4 is 10.6 Å². The molecule has 23 heavy (non-hydrogen) atoms. The van der Waals surface area contributed by atoms with Gasteiger partial charge in [-0.2, -0.15) is 0 Å². The molecule has 0 aromatic heterocycles. The normalized spacial score (nSPS) is 10.7. The highest BCUT2D eigenvalue weighted by Crippen LogP contribution is 2.11. The van der Waals surface area contributed by atoms with Crippen molar-refractivity contribution in [2.24, 2.45) is 0 Å². The number of aliphatic carboxylic acids is 1. The van der Waals surface area contributed by atoms with Crippen LogP contribution in [0.25, 0.3) is 0 Å². The summed E-state index contributed by atoms with van der Waals surface area (Å²) in [6.45, 7) is 3.17. The van der Waals surface area contributed by atoms with Gasteiger partial charge in [0, 0.05) is 19.5 Å². The molecule has 0 aromatic rings. The highest BCUT2D eigenvalue weighted by Gasteiger charge is 2.01. The molecule has 0 aliphatic heterocycles. The smallest absolute Gasteiger partial charge is 0.317 e. The molecule has 0 unspecified atom stereocenters. The summed E-state index contributed by atoms with van der Waals surface area (Å²) in [5.74, 6) is -0.810. The van der Waals surface area contributed by atoms with Gasteiger partial charge in [-0.05, 0) is 6.42 Å². The molecule has 0 radical (unpaired) electrons. The molecular weight excluding hydrogens is 292 g/mol. The number of carbonyl (C=O) groups excluding carboxylic acids is 1. The number of carbonyl (C=O) groups is 2. The SMILES string of the molecule is CCCCCCCCCCCCCC(=O)NCCNCC(=O)O. The Labute approximate surface area is 141 Å². The zero-order chi connectivity index (χ0) is 17.2. The molecule has 136 valence electrons. The van der Waals surface area contributed by atoms with Crippen LogP contribution in [0, 0.1) is 0 Å². The monoisotopic (exact) mass is 328 g/mol. The van der Waals surface area contributed by atoms with Crippen LogP contribution in [0.15, 0.2) is 0 Å². The van der Waals surface area contributed by atoms with Gasteiger partial charge in [0.25, 0.3) is 0 Å². The van der Waals surface area contributed by atoms with Crippen LogP contribution in [-0.4, -0.2) is 36.6 Å². The van der Waals surface area contributed by atoms with Crippen LogP contribution in [0.5, 0.6) is 0 Å². The average Bonchev–Trinajstić information content (AvgIpc) is 2.52. The van der Waals surface area contributed by atoms with Crippen molar-refractivity contribution in [2.75, 3.05) is 19.6 Å². The van der Waals surface area contributed by atoms with Crippen LogP contribution in [0.4, 0.5) is 0 Å². The van der Waals surface area contributed by atoms with Gasteiger partial charge in [0.15, 0.2) is 0 Å². The van der Waals surface area contributed by atoms with E-state index >= 15 is 0 Å². The standard InChI is InChI=1S/C18H36N2O3/c1-2-3-4-5-6-7-8-9-10-11-12-13-17(21)20-15-14-19-16-18(22)23/h19H,2-16H2,1H3,(H,20,21)(H,22,23). The molecule has 0 bridgehead atoms. The lowest BCUT2D eigenvalue weighted by Crippen LogP contribution is -2.33. The van der Waals surface area contributed by atoms with Crippen LogP contribution in [0.2, 0.25) is 0 Å². The first-order chi connectivity index (χ1) is 11.2. The maximum absolute atomic E-state index is 11.5. The van der Waals surface area contributed by atoms with Crippen molar-refractivity contribution in [1.29, 1.82) is 0 Å². The number of carboxylic acids is 1. The first-order valence-corrected chi connectivity index (χ1v) is 9.36. The van der Waals surface area contributed by atoms with Crippen molar-refractivity contribution in [2.45, 2.75) is 84.0 Å². The Morgan fingerprint density at radius 1 is 0.783 bits per heavy atom. The maximum Gasteiger partial charge on any atom is 0.317 e. The molecule has 5 heteroatoms. The second kappa shape index (κ2) is 17.3. The molecular formula is C18H36N2O3. The van der Waals surface area contributed by atoms with Gasteiger partial charge in [-0.25, -0.2) is 0 Å². The van der Waals surface area contributed by atoms with Gasteiger partial charge >= 0.3 is 5.97 Å². The van der Waals surface area contributed by atoms with Crippen molar-refractivity contribution >= 4 is 11.9 Å². The van der Waals surface area contributed by atoms with E-state index in [1.165, 1.54) is 57.8 Å². The highest BCUT2D eigenvalue weighted by atomic mass is 16.4. The quantitative estimate of drug-likeness (QED) is 0.357.